The normalized spacial score (nSPS) is 24.4. The molecule has 138 valence electrons. The highest BCUT2D eigenvalue weighted by Gasteiger charge is 2.29. The van der Waals surface area contributed by atoms with Crippen LogP contribution in [-0.2, 0) is 0 Å². The molecule has 3 rings (SSSR count). The van der Waals surface area contributed by atoms with Crippen molar-refractivity contribution in [3.8, 4) is 0 Å². The molecule has 0 aliphatic carbocycles. The van der Waals surface area contributed by atoms with Crippen LogP contribution < -0.4 is 4.90 Å². The first-order valence-corrected chi connectivity index (χ1v) is 10.1. The molecule has 2 fully saturated rings. The zero-order valence-electron chi connectivity index (χ0n) is 16.0. The van der Waals surface area contributed by atoms with Gasteiger partial charge < -0.3 is 9.80 Å². The van der Waals surface area contributed by atoms with Crippen molar-refractivity contribution in [2.45, 2.75) is 84.2 Å². The predicted octanol–water partition coefficient (Wildman–Crippen LogP) is 3.96. The average molecular weight is 345 g/mol. The number of rotatable bonds is 4. The van der Waals surface area contributed by atoms with E-state index in [9.17, 15) is 4.79 Å². The fourth-order valence-electron chi connectivity index (χ4n) is 4.32. The molecule has 0 bridgehead atoms. The molecule has 2 saturated heterocycles. The molecule has 1 amide bonds. The number of aromatic nitrogens is 2. The third kappa shape index (κ3) is 3.96. The van der Waals surface area contributed by atoms with Crippen LogP contribution in [0.4, 0.5) is 5.95 Å². The van der Waals surface area contributed by atoms with Crippen LogP contribution in [0.3, 0.4) is 0 Å². The first-order valence-electron chi connectivity index (χ1n) is 10.1. The first kappa shape index (κ1) is 18.2. The highest BCUT2D eigenvalue weighted by molar-refractivity contribution is 5.93. The third-order valence-corrected chi connectivity index (χ3v) is 5.78. The highest BCUT2D eigenvalue weighted by Crippen LogP contribution is 2.26. The number of likely N-dealkylation sites (tertiary alicyclic amines) is 1. The summed E-state index contributed by atoms with van der Waals surface area (Å²) in [5.41, 5.74) is 1.46. The van der Waals surface area contributed by atoms with E-state index in [4.69, 9.17) is 4.98 Å². The van der Waals surface area contributed by atoms with Gasteiger partial charge in [-0.15, -0.1) is 0 Å². The minimum absolute atomic E-state index is 0.0864. The van der Waals surface area contributed by atoms with E-state index in [1.807, 2.05) is 17.9 Å². The molecule has 5 heteroatoms. The van der Waals surface area contributed by atoms with E-state index in [2.05, 4.69) is 23.7 Å². The zero-order valence-corrected chi connectivity index (χ0v) is 16.0. The molecule has 1 aromatic heterocycles. The van der Waals surface area contributed by atoms with Crippen molar-refractivity contribution in [1.29, 1.82) is 0 Å². The van der Waals surface area contributed by atoms with E-state index in [-0.39, 0.29) is 5.91 Å². The second-order valence-corrected chi connectivity index (χ2v) is 7.50. The van der Waals surface area contributed by atoms with E-state index < -0.39 is 0 Å². The first-order chi connectivity index (χ1) is 12.1. The van der Waals surface area contributed by atoms with Gasteiger partial charge in [0.2, 0.25) is 5.95 Å². The molecular formula is C20H32N4O. The Morgan fingerprint density at radius 2 is 1.72 bits per heavy atom. The van der Waals surface area contributed by atoms with Crippen molar-refractivity contribution >= 4 is 11.9 Å². The Morgan fingerprint density at radius 3 is 2.44 bits per heavy atom. The van der Waals surface area contributed by atoms with Gasteiger partial charge in [-0.2, -0.15) is 0 Å². The summed E-state index contributed by atoms with van der Waals surface area (Å²) >= 11 is 0. The van der Waals surface area contributed by atoms with Gasteiger partial charge in [-0.25, -0.2) is 9.97 Å². The Hall–Kier alpha value is -1.65. The van der Waals surface area contributed by atoms with Crippen molar-refractivity contribution in [3.63, 3.8) is 0 Å². The summed E-state index contributed by atoms with van der Waals surface area (Å²) in [5, 5.41) is 0. The fraction of sp³-hybridized carbons (Fsp3) is 0.750. The van der Waals surface area contributed by atoms with Crippen LogP contribution in [0.1, 0.15) is 81.4 Å². The summed E-state index contributed by atoms with van der Waals surface area (Å²) in [6.07, 6.45) is 9.22. The Balaban J connectivity index is 1.87. The molecule has 5 nitrogen and oxygen atoms in total. The topological polar surface area (TPSA) is 49.3 Å². The monoisotopic (exact) mass is 344 g/mol. The smallest absolute Gasteiger partial charge is 0.272 e. The van der Waals surface area contributed by atoms with Gasteiger partial charge in [-0.3, -0.25) is 4.79 Å². The fourth-order valence-corrected chi connectivity index (χ4v) is 4.32. The zero-order chi connectivity index (χ0) is 17.8. The SMILES string of the molecule is CCC1CCCCN1C(=O)c1cc(C)nc(N2CCCCC2CC)n1. The summed E-state index contributed by atoms with van der Waals surface area (Å²) in [4.78, 5) is 26.9. The maximum Gasteiger partial charge on any atom is 0.272 e. The van der Waals surface area contributed by atoms with Crippen molar-refractivity contribution in [2.24, 2.45) is 0 Å². The molecule has 2 aliphatic rings. The molecule has 1 aromatic rings. The molecule has 2 atom stereocenters. The van der Waals surface area contributed by atoms with E-state index in [1.54, 1.807) is 0 Å². The van der Waals surface area contributed by atoms with Crippen LogP contribution in [0, 0.1) is 6.92 Å². The maximum absolute atomic E-state index is 13.1. The lowest BCUT2D eigenvalue weighted by atomic mass is 9.99. The van der Waals surface area contributed by atoms with Gasteiger partial charge in [-0.05, 0) is 64.4 Å². The highest BCUT2D eigenvalue weighted by atomic mass is 16.2. The Bertz CT molecular complexity index is 603. The van der Waals surface area contributed by atoms with Gasteiger partial charge in [0.25, 0.3) is 5.91 Å². The number of carbonyl (C=O) groups is 1. The molecule has 2 unspecified atom stereocenters. The van der Waals surface area contributed by atoms with E-state index in [0.717, 1.165) is 50.4 Å². The molecule has 0 saturated carbocycles. The van der Waals surface area contributed by atoms with Crippen molar-refractivity contribution in [3.05, 3.63) is 17.5 Å². The standard InChI is InChI=1S/C20H32N4O/c1-4-16-10-6-8-12-23(16)19(25)18-14-15(3)21-20(22-18)24-13-9-7-11-17(24)5-2/h14,16-17H,4-13H2,1-3H3. The van der Waals surface area contributed by atoms with E-state index in [0.29, 0.717) is 17.8 Å². The predicted molar refractivity (Wildman–Crippen MR) is 101 cm³/mol. The Kier molecular flexibility index (Phi) is 5.92. The molecule has 25 heavy (non-hydrogen) atoms. The van der Waals surface area contributed by atoms with Crippen LogP contribution in [0.15, 0.2) is 6.07 Å². The number of nitrogens with zero attached hydrogens (tertiary/aromatic N) is 4. The lowest BCUT2D eigenvalue weighted by Gasteiger charge is -2.36. The van der Waals surface area contributed by atoms with Crippen LogP contribution in [0.5, 0.6) is 0 Å². The van der Waals surface area contributed by atoms with Crippen molar-refractivity contribution < 1.29 is 4.79 Å². The number of anilines is 1. The summed E-state index contributed by atoms with van der Waals surface area (Å²) in [7, 11) is 0. The quantitative estimate of drug-likeness (QED) is 0.829. The second-order valence-electron chi connectivity index (χ2n) is 7.50. The van der Waals surface area contributed by atoms with E-state index in [1.165, 1.54) is 25.7 Å². The van der Waals surface area contributed by atoms with Crippen LogP contribution in [0.2, 0.25) is 0 Å². The minimum Gasteiger partial charge on any atom is -0.338 e. The maximum atomic E-state index is 13.1. The molecule has 0 N–H and O–H groups in total. The molecule has 2 aliphatic heterocycles. The van der Waals surface area contributed by atoms with Crippen LogP contribution in [0.25, 0.3) is 0 Å². The van der Waals surface area contributed by atoms with Crippen LogP contribution >= 0.6 is 0 Å². The number of amides is 1. The van der Waals surface area contributed by atoms with Gasteiger partial charge >= 0.3 is 0 Å². The Morgan fingerprint density at radius 1 is 1.04 bits per heavy atom. The molecular weight excluding hydrogens is 312 g/mol. The van der Waals surface area contributed by atoms with Gasteiger partial charge in [-0.1, -0.05) is 13.8 Å². The Labute approximate surface area is 151 Å². The van der Waals surface area contributed by atoms with E-state index >= 15 is 0 Å². The number of hydrogen-bond acceptors (Lipinski definition) is 4. The van der Waals surface area contributed by atoms with Crippen molar-refractivity contribution in [1.82, 2.24) is 14.9 Å². The summed E-state index contributed by atoms with van der Waals surface area (Å²) in [6.45, 7) is 8.23. The summed E-state index contributed by atoms with van der Waals surface area (Å²) < 4.78 is 0. The number of piperidine rings is 2. The van der Waals surface area contributed by atoms with Crippen molar-refractivity contribution in [2.75, 3.05) is 18.0 Å². The molecule has 0 radical (unpaired) electrons. The van der Waals surface area contributed by atoms with Gasteiger partial charge in [0.15, 0.2) is 0 Å². The second kappa shape index (κ2) is 8.15. The van der Waals surface area contributed by atoms with Gasteiger partial charge in [0, 0.05) is 30.9 Å². The summed E-state index contributed by atoms with van der Waals surface area (Å²) in [5.74, 6) is 0.836. The number of hydrogen-bond donors (Lipinski definition) is 0. The summed E-state index contributed by atoms with van der Waals surface area (Å²) in [6, 6.07) is 2.72. The lowest BCUT2D eigenvalue weighted by Crippen LogP contribution is -2.44. The minimum atomic E-state index is 0.0864. The van der Waals surface area contributed by atoms with Gasteiger partial charge in [0.05, 0.1) is 0 Å². The molecule has 3 heterocycles. The molecule has 0 spiro atoms. The van der Waals surface area contributed by atoms with Gasteiger partial charge in [0.1, 0.15) is 5.69 Å². The molecule has 0 aromatic carbocycles. The third-order valence-electron chi connectivity index (χ3n) is 5.78. The number of carbonyl (C=O) groups excluding carboxylic acids is 1. The largest absolute Gasteiger partial charge is 0.338 e. The van der Waals surface area contributed by atoms with Crippen LogP contribution in [-0.4, -0.2) is 45.9 Å². The lowest BCUT2D eigenvalue weighted by molar-refractivity contribution is 0.0601. The number of aryl methyl sites for hydroxylation is 1. The average Bonchev–Trinajstić information content (AvgIpc) is 2.66.